The number of hydrogen-bond acceptors (Lipinski definition) is 4. The van der Waals surface area contributed by atoms with E-state index in [0.717, 1.165) is 38.2 Å². The lowest BCUT2D eigenvalue weighted by Gasteiger charge is -2.37. The fourth-order valence-corrected chi connectivity index (χ4v) is 3.00. The molecule has 20 heavy (non-hydrogen) atoms. The van der Waals surface area contributed by atoms with Crippen molar-refractivity contribution in [3.8, 4) is 5.75 Å². The van der Waals surface area contributed by atoms with Crippen molar-refractivity contribution in [2.24, 2.45) is 0 Å². The summed E-state index contributed by atoms with van der Waals surface area (Å²) in [5.74, 6) is -0.0772. The van der Waals surface area contributed by atoms with Gasteiger partial charge in [0, 0.05) is 37.4 Å². The number of rotatable bonds is 3. The summed E-state index contributed by atoms with van der Waals surface area (Å²) in [5.41, 5.74) is 0.754. The fraction of sp³-hybridized carbons (Fsp3) is 0.600. The maximum absolute atomic E-state index is 13.4. The maximum atomic E-state index is 13.4. The molecule has 0 radical (unpaired) electrons. The quantitative estimate of drug-likeness (QED) is 0.924. The fourth-order valence-electron chi connectivity index (χ4n) is 3.00. The second-order valence-corrected chi connectivity index (χ2v) is 5.52. The van der Waals surface area contributed by atoms with Crippen LogP contribution in [0.3, 0.4) is 0 Å². The highest BCUT2D eigenvalue weighted by molar-refractivity contribution is 5.49. The minimum absolute atomic E-state index is 0.125. The van der Waals surface area contributed by atoms with Gasteiger partial charge in [-0.15, -0.1) is 0 Å². The predicted molar refractivity (Wildman–Crippen MR) is 73.7 cm³/mol. The third-order valence-corrected chi connectivity index (χ3v) is 4.08. The molecular weight excluding hydrogens is 261 g/mol. The monoisotopic (exact) mass is 281 g/mol. The van der Waals surface area contributed by atoms with Crippen molar-refractivity contribution in [2.75, 3.05) is 32.2 Å². The molecule has 2 atom stereocenters. The Bertz CT molecular complexity index is 474. The first-order chi connectivity index (χ1) is 9.71. The van der Waals surface area contributed by atoms with Crippen LogP contribution in [0.2, 0.25) is 0 Å². The first-order valence-corrected chi connectivity index (χ1v) is 7.03. The molecule has 4 nitrogen and oxygen atoms in total. The molecule has 2 heterocycles. The maximum Gasteiger partial charge on any atom is 0.165 e. The topological polar surface area (TPSA) is 39.7 Å². The van der Waals surface area contributed by atoms with Gasteiger partial charge in [0.15, 0.2) is 11.6 Å². The summed E-state index contributed by atoms with van der Waals surface area (Å²) >= 11 is 0. The number of nitrogens with one attached hydrogen (secondary N) is 1. The standard InChI is InChI=1S/C15H20FNO3/c1-18-14-8-11(2-3-13(14)16)17-12-4-6-20-15(9-12)5-7-19-10-15/h2-3,8,12,17H,4-7,9-10H2,1H3. The number of ether oxygens (including phenoxy) is 3. The largest absolute Gasteiger partial charge is 0.494 e. The molecule has 5 heteroatoms. The van der Waals surface area contributed by atoms with E-state index in [1.807, 2.05) is 0 Å². The summed E-state index contributed by atoms with van der Waals surface area (Å²) in [6.45, 7) is 2.19. The second-order valence-electron chi connectivity index (χ2n) is 5.52. The lowest BCUT2D eigenvalue weighted by Crippen LogP contribution is -2.44. The summed E-state index contributed by atoms with van der Waals surface area (Å²) in [7, 11) is 1.47. The van der Waals surface area contributed by atoms with E-state index in [4.69, 9.17) is 14.2 Å². The highest BCUT2D eigenvalue weighted by Gasteiger charge is 2.40. The first kappa shape index (κ1) is 13.6. The van der Waals surface area contributed by atoms with Gasteiger partial charge >= 0.3 is 0 Å². The molecular formula is C15H20FNO3. The van der Waals surface area contributed by atoms with Crippen LogP contribution in [0.15, 0.2) is 18.2 Å². The average Bonchev–Trinajstić information content (AvgIpc) is 2.89. The Morgan fingerprint density at radius 1 is 1.40 bits per heavy atom. The zero-order valence-electron chi connectivity index (χ0n) is 11.7. The van der Waals surface area contributed by atoms with Crippen molar-refractivity contribution in [1.82, 2.24) is 0 Å². The minimum atomic E-state index is -0.342. The molecule has 2 unspecified atom stereocenters. The van der Waals surface area contributed by atoms with Crippen molar-refractivity contribution in [3.63, 3.8) is 0 Å². The molecule has 3 rings (SSSR count). The third-order valence-electron chi connectivity index (χ3n) is 4.08. The van der Waals surface area contributed by atoms with E-state index in [2.05, 4.69) is 5.32 Å². The summed E-state index contributed by atoms with van der Waals surface area (Å²) in [4.78, 5) is 0. The van der Waals surface area contributed by atoms with Gasteiger partial charge in [-0.2, -0.15) is 0 Å². The number of halogens is 1. The molecule has 0 saturated carbocycles. The van der Waals surface area contributed by atoms with E-state index in [9.17, 15) is 4.39 Å². The van der Waals surface area contributed by atoms with Crippen LogP contribution >= 0.6 is 0 Å². The average molecular weight is 281 g/mol. The summed E-state index contributed by atoms with van der Waals surface area (Å²) < 4.78 is 29.8. The van der Waals surface area contributed by atoms with Gasteiger partial charge in [-0.05, 0) is 25.0 Å². The van der Waals surface area contributed by atoms with Crippen LogP contribution in [0.4, 0.5) is 10.1 Å². The number of hydrogen-bond donors (Lipinski definition) is 1. The Hall–Kier alpha value is -1.33. The molecule has 2 saturated heterocycles. The zero-order chi connectivity index (χ0) is 14.0. The third kappa shape index (κ3) is 2.74. The Morgan fingerprint density at radius 3 is 3.05 bits per heavy atom. The molecule has 1 N–H and O–H groups in total. The van der Waals surface area contributed by atoms with Crippen LogP contribution in [-0.4, -0.2) is 38.6 Å². The summed E-state index contributed by atoms with van der Waals surface area (Å²) in [5, 5.41) is 3.45. The Kier molecular flexibility index (Phi) is 3.81. The lowest BCUT2D eigenvalue weighted by atomic mass is 9.89. The molecule has 1 aromatic carbocycles. The molecule has 110 valence electrons. The van der Waals surface area contributed by atoms with Gasteiger partial charge in [-0.3, -0.25) is 0 Å². The van der Waals surface area contributed by atoms with Gasteiger partial charge in [0.1, 0.15) is 0 Å². The van der Waals surface area contributed by atoms with Gasteiger partial charge in [-0.25, -0.2) is 4.39 Å². The van der Waals surface area contributed by atoms with Gasteiger partial charge < -0.3 is 19.5 Å². The number of methoxy groups -OCH3 is 1. The Balaban J connectivity index is 1.68. The van der Waals surface area contributed by atoms with Gasteiger partial charge in [-0.1, -0.05) is 0 Å². The first-order valence-electron chi connectivity index (χ1n) is 7.03. The van der Waals surface area contributed by atoms with Crippen molar-refractivity contribution >= 4 is 5.69 Å². The smallest absolute Gasteiger partial charge is 0.165 e. The van der Waals surface area contributed by atoms with E-state index in [1.165, 1.54) is 13.2 Å². The highest BCUT2D eigenvalue weighted by atomic mass is 19.1. The van der Waals surface area contributed by atoms with E-state index < -0.39 is 0 Å². The van der Waals surface area contributed by atoms with Crippen LogP contribution in [-0.2, 0) is 9.47 Å². The molecule has 1 aromatic rings. The molecule has 0 aliphatic carbocycles. The number of benzene rings is 1. The van der Waals surface area contributed by atoms with Gasteiger partial charge in [0.2, 0.25) is 0 Å². The highest BCUT2D eigenvalue weighted by Crippen LogP contribution is 2.34. The van der Waals surface area contributed by atoms with Crippen molar-refractivity contribution < 1.29 is 18.6 Å². The molecule has 0 amide bonds. The number of anilines is 1. The van der Waals surface area contributed by atoms with E-state index in [0.29, 0.717) is 12.6 Å². The van der Waals surface area contributed by atoms with Crippen LogP contribution < -0.4 is 10.1 Å². The van der Waals surface area contributed by atoms with E-state index in [1.54, 1.807) is 12.1 Å². The molecule has 0 bridgehead atoms. The zero-order valence-corrected chi connectivity index (χ0v) is 11.7. The second kappa shape index (κ2) is 5.58. The van der Waals surface area contributed by atoms with E-state index in [-0.39, 0.29) is 17.2 Å². The van der Waals surface area contributed by atoms with Gasteiger partial charge in [0.05, 0.1) is 19.3 Å². The van der Waals surface area contributed by atoms with Crippen molar-refractivity contribution in [1.29, 1.82) is 0 Å². The van der Waals surface area contributed by atoms with Crippen LogP contribution in [0.5, 0.6) is 5.75 Å². The Morgan fingerprint density at radius 2 is 2.30 bits per heavy atom. The normalized spacial score (nSPS) is 29.6. The summed E-state index contributed by atoms with van der Waals surface area (Å²) in [6, 6.07) is 5.18. The molecule has 1 spiro atoms. The van der Waals surface area contributed by atoms with E-state index >= 15 is 0 Å². The molecule has 2 aliphatic rings. The van der Waals surface area contributed by atoms with Crippen LogP contribution in [0, 0.1) is 5.82 Å². The molecule has 0 aromatic heterocycles. The van der Waals surface area contributed by atoms with Gasteiger partial charge in [0.25, 0.3) is 0 Å². The molecule has 2 fully saturated rings. The molecule has 2 aliphatic heterocycles. The Labute approximate surface area is 118 Å². The summed E-state index contributed by atoms with van der Waals surface area (Å²) in [6.07, 6.45) is 2.83. The lowest BCUT2D eigenvalue weighted by molar-refractivity contribution is -0.0828. The van der Waals surface area contributed by atoms with Crippen LogP contribution in [0.25, 0.3) is 0 Å². The minimum Gasteiger partial charge on any atom is -0.494 e. The predicted octanol–water partition coefficient (Wildman–Crippen LogP) is 2.58. The SMILES string of the molecule is COc1cc(NC2CCOC3(CCOC3)C2)ccc1F. The van der Waals surface area contributed by atoms with Crippen molar-refractivity contribution in [2.45, 2.75) is 30.9 Å². The van der Waals surface area contributed by atoms with Crippen LogP contribution in [0.1, 0.15) is 19.3 Å². The van der Waals surface area contributed by atoms with Crippen molar-refractivity contribution in [3.05, 3.63) is 24.0 Å².